The van der Waals surface area contributed by atoms with Crippen LogP contribution in [0.5, 0.6) is 5.75 Å². The van der Waals surface area contributed by atoms with Gasteiger partial charge in [-0.25, -0.2) is 4.98 Å². The zero-order valence-corrected chi connectivity index (χ0v) is 16.5. The van der Waals surface area contributed by atoms with Crippen LogP contribution in [0.2, 0.25) is 0 Å². The van der Waals surface area contributed by atoms with E-state index in [1.54, 1.807) is 13.2 Å². The van der Waals surface area contributed by atoms with Crippen LogP contribution in [0.25, 0.3) is 21.8 Å². The number of aromatic nitrogens is 1. The van der Waals surface area contributed by atoms with Crippen molar-refractivity contribution in [2.45, 2.75) is 12.5 Å². The highest BCUT2D eigenvalue weighted by Gasteiger charge is 2.23. The molecule has 30 heavy (non-hydrogen) atoms. The number of nitrogens with two attached hydrogens (primary N) is 1. The summed E-state index contributed by atoms with van der Waals surface area (Å²) < 4.78 is 5.36. The molecule has 0 saturated heterocycles. The molecule has 0 bridgehead atoms. The zero-order valence-electron chi connectivity index (χ0n) is 16.5. The number of fused-ring (bicyclic) bond motifs is 2. The van der Waals surface area contributed by atoms with Gasteiger partial charge in [0.15, 0.2) is 0 Å². The van der Waals surface area contributed by atoms with E-state index in [0.717, 1.165) is 5.56 Å². The normalized spacial score (nSPS) is 11.9. The minimum Gasteiger partial charge on any atom is -0.496 e. The molecular formula is C24H21N3O3. The second-order valence-electron chi connectivity index (χ2n) is 6.97. The first kappa shape index (κ1) is 19.4. The standard InChI is InChI=1S/C24H21N3O3/c1-30-21-13-7-2-8-15(21)14-20(23(25)28)27-24(29)22-16-9-3-5-11-18(16)26-19-12-6-4-10-17(19)22/h2-13,20H,14H2,1H3,(H2,25,28)(H,27,29)/t20-/m0/s1. The molecule has 0 unspecified atom stereocenters. The predicted molar refractivity (Wildman–Crippen MR) is 116 cm³/mol. The fourth-order valence-corrected chi connectivity index (χ4v) is 3.63. The van der Waals surface area contributed by atoms with Gasteiger partial charge in [0.05, 0.1) is 23.7 Å². The molecule has 4 aromatic rings. The molecule has 0 aliphatic carbocycles. The molecule has 0 aliphatic heterocycles. The van der Waals surface area contributed by atoms with Crippen LogP contribution >= 0.6 is 0 Å². The highest BCUT2D eigenvalue weighted by molar-refractivity contribution is 6.16. The van der Waals surface area contributed by atoms with Crippen LogP contribution in [0.4, 0.5) is 0 Å². The summed E-state index contributed by atoms with van der Waals surface area (Å²) in [6.45, 7) is 0. The molecule has 0 radical (unpaired) electrons. The average molecular weight is 399 g/mol. The summed E-state index contributed by atoms with van der Waals surface area (Å²) in [6, 6.07) is 21.3. The minimum absolute atomic E-state index is 0.228. The summed E-state index contributed by atoms with van der Waals surface area (Å²) >= 11 is 0. The highest BCUT2D eigenvalue weighted by Crippen LogP contribution is 2.26. The van der Waals surface area contributed by atoms with Crippen LogP contribution < -0.4 is 15.8 Å². The van der Waals surface area contributed by atoms with Crippen LogP contribution in [-0.4, -0.2) is 29.9 Å². The van der Waals surface area contributed by atoms with Gasteiger partial charge in [-0.2, -0.15) is 0 Å². The number of benzene rings is 3. The third kappa shape index (κ3) is 3.67. The average Bonchev–Trinajstić information content (AvgIpc) is 2.77. The number of pyridine rings is 1. The van der Waals surface area contributed by atoms with Gasteiger partial charge >= 0.3 is 0 Å². The lowest BCUT2D eigenvalue weighted by Gasteiger charge is -2.18. The lowest BCUT2D eigenvalue weighted by Crippen LogP contribution is -2.46. The molecule has 0 saturated carbocycles. The van der Waals surface area contributed by atoms with E-state index < -0.39 is 11.9 Å². The van der Waals surface area contributed by atoms with Crippen molar-refractivity contribution in [2.24, 2.45) is 5.73 Å². The first-order chi connectivity index (χ1) is 14.6. The number of rotatable bonds is 6. The third-order valence-electron chi connectivity index (χ3n) is 5.08. The van der Waals surface area contributed by atoms with Crippen LogP contribution in [0, 0.1) is 0 Å². The Morgan fingerprint density at radius 1 is 0.933 bits per heavy atom. The molecule has 0 spiro atoms. The molecule has 2 amide bonds. The monoisotopic (exact) mass is 399 g/mol. The maximum atomic E-state index is 13.4. The van der Waals surface area contributed by atoms with E-state index in [-0.39, 0.29) is 12.3 Å². The first-order valence-corrected chi connectivity index (χ1v) is 9.58. The molecule has 4 rings (SSSR count). The number of methoxy groups -OCH3 is 1. The number of primary amides is 1. The van der Waals surface area contributed by atoms with Gasteiger partial charge in [0.25, 0.3) is 5.91 Å². The lowest BCUT2D eigenvalue weighted by molar-refractivity contribution is -0.119. The van der Waals surface area contributed by atoms with Crippen LogP contribution in [0.3, 0.4) is 0 Å². The van der Waals surface area contributed by atoms with Gasteiger partial charge < -0.3 is 15.8 Å². The summed E-state index contributed by atoms with van der Waals surface area (Å²) in [5, 5.41) is 4.25. The predicted octanol–water partition coefficient (Wildman–Crippen LogP) is 3.22. The lowest BCUT2D eigenvalue weighted by atomic mass is 10.00. The molecule has 3 N–H and O–H groups in total. The van der Waals surface area contributed by atoms with Crippen molar-refractivity contribution in [3.63, 3.8) is 0 Å². The van der Waals surface area contributed by atoms with Crippen molar-refractivity contribution in [3.05, 3.63) is 83.9 Å². The molecule has 3 aromatic carbocycles. The minimum atomic E-state index is -0.889. The number of hydrogen-bond acceptors (Lipinski definition) is 4. The SMILES string of the molecule is COc1ccccc1C[C@H](NC(=O)c1c2ccccc2nc2ccccc12)C(N)=O. The Balaban J connectivity index is 1.74. The molecular weight excluding hydrogens is 378 g/mol. The number of carbonyl (C=O) groups is 2. The van der Waals surface area contributed by atoms with E-state index in [1.165, 1.54) is 0 Å². The highest BCUT2D eigenvalue weighted by atomic mass is 16.5. The van der Waals surface area contributed by atoms with Gasteiger partial charge in [-0.15, -0.1) is 0 Å². The fraction of sp³-hybridized carbons (Fsp3) is 0.125. The molecule has 6 nitrogen and oxygen atoms in total. The van der Waals surface area contributed by atoms with Gasteiger partial charge in [-0.05, 0) is 23.8 Å². The van der Waals surface area contributed by atoms with Gasteiger partial charge in [0.2, 0.25) is 5.91 Å². The molecule has 0 aliphatic rings. The van der Waals surface area contributed by atoms with E-state index in [0.29, 0.717) is 33.1 Å². The summed E-state index contributed by atoms with van der Waals surface area (Å²) in [6.07, 6.45) is 0.228. The van der Waals surface area contributed by atoms with Crippen LogP contribution in [-0.2, 0) is 11.2 Å². The summed E-state index contributed by atoms with van der Waals surface area (Å²) in [7, 11) is 1.56. The van der Waals surface area contributed by atoms with Crippen molar-refractivity contribution in [1.82, 2.24) is 10.3 Å². The van der Waals surface area contributed by atoms with E-state index in [9.17, 15) is 9.59 Å². The van der Waals surface area contributed by atoms with Crippen molar-refractivity contribution in [2.75, 3.05) is 7.11 Å². The fourth-order valence-electron chi connectivity index (χ4n) is 3.63. The molecule has 6 heteroatoms. The van der Waals surface area contributed by atoms with Gasteiger partial charge in [0, 0.05) is 17.2 Å². The maximum Gasteiger partial charge on any atom is 0.253 e. The summed E-state index contributed by atoms with van der Waals surface area (Å²) in [4.78, 5) is 30.1. The van der Waals surface area contributed by atoms with E-state index >= 15 is 0 Å². The van der Waals surface area contributed by atoms with Crippen molar-refractivity contribution in [3.8, 4) is 5.75 Å². The molecule has 1 atom stereocenters. The number of nitrogens with one attached hydrogen (secondary N) is 1. The number of ether oxygens (including phenoxy) is 1. The van der Waals surface area contributed by atoms with Crippen molar-refractivity contribution < 1.29 is 14.3 Å². The molecule has 0 fully saturated rings. The summed E-state index contributed by atoms with van der Waals surface area (Å²) in [5.74, 6) is -0.349. The first-order valence-electron chi connectivity index (χ1n) is 9.58. The number of nitrogens with zero attached hydrogens (tertiary/aromatic N) is 1. The van der Waals surface area contributed by atoms with Crippen LogP contribution in [0.1, 0.15) is 15.9 Å². The van der Waals surface area contributed by atoms with E-state index in [1.807, 2.05) is 66.7 Å². The van der Waals surface area contributed by atoms with Crippen LogP contribution in [0.15, 0.2) is 72.8 Å². The van der Waals surface area contributed by atoms with Crippen molar-refractivity contribution >= 4 is 33.6 Å². The molecule has 1 heterocycles. The van der Waals surface area contributed by atoms with Gasteiger partial charge in [0.1, 0.15) is 11.8 Å². The second kappa shape index (κ2) is 8.21. The topological polar surface area (TPSA) is 94.3 Å². The largest absolute Gasteiger partial charge is 0.496 e. The number of hydrogen-bond donors (Lipinski definition) is 2. The Kier molecular flexibility index (Phi) is 5.30. The number of amides is 2. The summed E-state index contributed by atoms with van der Waals surface area (Å²) in [5.41, 5.74) is 8.30. The van der Waals surface area contributed by atoms with Crippen molar-refractivity contribution in [1.29, 1.82) is 0 Å². The Bertz CT molecular complexity index is 1200. The Morgan fingerprint density at radius 3 is 2.10 bits per heavy atom. The zero-order chi connectivity index (χ0) is 21.1. The number of para-hydroxylation sites is 3. The molecule has 1 aromatic heterocycles. The van der Waals surface area contributed by atoms with E-state index in [2.05, 4.69) is 10.3 Å². The smallest absolute Gasteiger partial charge is 0.253 e. The Hall–Kier alpha value is -3.93. The Labute approximate surface area is 173 Å². The number of carbonyl (C=O) groups excluding carboxylic acids is 2. The third-order valence-corrected chi connectivity index (χ3v) is 5.08. The molecule has 150 valence electrons. The van der Waals surface area contributed by atoms with Gasteiger partial charge in [-0.1, -0.05) is 54.6 Å². The second-order valence-corrected chi connectivity index (χ2v) is 6.97. The Morgan fingerprint density at radius 2 is 1.50 bits per heavy atom. The van der Waals surface area contributed by atoms with Gasteiger partial charge in [-0.3, -0.25) is 9.59 Å². The maximum absolute atomic E-state index is 13.4. The van der Waals surface area contributed by atoms with E-state index in [4.69, 9.17) is 10.5 Å². The quantitative estimate of drug-likeness (QED) is 0.487.